The Kier molecular flexibility index (Phi) is 4.89. The van der Waals surface area contributed by atoms with E-state index in [2.05, 4.69) is 47.2 Å². The molecule has 2 aromatic heterocycles. The van der Waals surface area contributed by atoms with E-state index in [0.29, 0.717) is 24.2 Å². The van der Waals surface area contributed by atoms with Crippen molar-refractivity contribution < 1.29 is 4.42 Å². The van der Waals surface area contributed by atoms with Gasteiger partial charge in [0.2, 0.25) is 11.8 Å². The molecule has 2 heterocycles. The van der Waals surface area contributed by atoms with E-state index in [9.17, 15) is 0 Å². The zero-order valence-electron chi connectivity index (χ0n) is 12.7. The molecular weight excluding hydrogens is 254 g/mol. The van der Waals surface area contributed by atoms with Gasteiger partial charge in [-0.2, -0.15) is 5.10 Å². The fourth-order valence-electron chi connectivity index (χ4n) is 2.21. The molecule has 0 aromatic carbocycles. The maximum atomic E-state index is 5.47. The minimum atomic E-state index is 0.584. The molecule has 0 saturated heterocycles. The van der Waals surface area contributed by atoms with Crippen LogP contribution >= 0.6 is 0 Å². The number of nitrogens with zero attached hydrogens (tertiary/aromatic N) is 5. The van der Waals surface area contributed by atoms with Gasteiger partial charge in [0.25, 0.3) is 0 Å². The Morgan fingerprint density at radius 2 is 2.10 bits per heavy atom. The Balaban J connectivity index is 2.02. The average Bonchev–Trinajstić information content (AvgIpc) is 2.98. The van der Waals surface area contributed by atoms with Crippen LogP contribution in [0.3, 0.4) is 0 Å². The normalized spacial score (nSPS) is 11.7. The lowest BCUT2D eigenvalue weighted by Crippen LogP contribution is -2.27. The lowest BCUT2D eigenvalue weighted by atomic mass is 10.2. The van der Waals surface area contributed by atoms with E-state index in [4.69, 9.17) is 4.42 Å². The van der Waals surface area contributed by atoms with Gasteiger partial charge in [0.1, 0.15) is 0 Å². The Labute approximate surface area is 119 Å². The van der Waals surface area contributed by atoms with Crippen LogP contribution in [0.25, 0.3) is 0 Å². The van der Waals surface area contributed by atoms with Gasteiger partial charge in [-0.15, -0.1) is 10.2 Å². The zero-order chi connectivity index (χ0) is 14.5. The third kappa shape index (κ3) is 4.16. The van der Waals surface area contributed by atoms with Crippen LogP contribution in [0.15, 0.2) is 16.8 Å². The van der Waals surface area contributed by atoms with Gasteiger partial charge in [-0.3, -0.25) is 9.58 Å². The molecule has 0 unspecified atom stereocenters. The summed E-state index contributed by atoms with van der Waals surface area (Å²) in [4.78, 5) is 2.31. The van der Waals surface area contributed by atoms with Crippen molar-refractivity contribution in [2.45, 2.75) is 47.3 Å². The minimum Gasteiger partial charge on any atom is -0.424 e. The molecule has 6 nitrogen and oxygen atoms in total. The molecule has 0 fully saturated rings. The van der Waals surface area contributed by atoms with Gasteiger partial charge in [-0.05, 0) is 12.8 Å². The van der Waals surface area contributed by atoms with E-state index >= 15 is 0 Å². The molecule has 0 aliphatic carbocycles. The maximum Gasteiger partial charge on any atom is 0.230 e. The van der Waals surface area contributed by atoms with E-state index in [0.717, 1.165) is 19.6 Å². The van der Waals surface area contributed by atoms with Gasteiger partial charge in [-0.25, -0.2) is 0 Å². The largest absolute Gasteiger partial charge is 0.424 e. The van der Waals surface area contributed by atoms with Gasteiger partial charge in [0.05, 0.1) is 12.7 Å². The fraction of sp³-hybridized carbons (Fsp3) is 0.643. The minimum absolute atomic E-state index is 0.584. The highest BCUT2D eigenvalue weighted by Crippen LogP contribution is 2.11. The average molecular weight is 277 g/mol. The van der Waals surface area contributed by atoms with Crippen LogP contribution in [0.1, 0.15) is 38.1 Å². The van der Waals surface area contributed by atoms with Gasteiger partial charge in [0.15, 0.2) is 0 Å². The summed E-state index contributed by atoms with van der Waals surface area (Å²) in [5.41, 5.74) is 1.21. The second kappa shape index (κ2) is 6.65. The van der Waals surface area contributed by atoms with Crippen LogP contribution < -0.4 is 0 Å². The number of hydrogen-bond donors (Lipinski definition) is 0. The van der Waals surface area contributed by atoms with Crippen molar-refractivity contribution in [3.05, 3.63) is 29.7 Å². The molecule has 2 rings (SSSR count). The molecule has 6 heteroatoms. The van der Waals surface area contributed by atoms with Crippen LogP contribution in [-0.2, 0) is 19.6 Å². The van der Waals surface area contributed by atoms with Crippen molar-refractivity contribution in [2.75, 3.05) is 6.54 Å². The van der Waals surface area contributed by atoms with Crippen molar-refractivity contribution in [2.24, 2.45) is 5.92 Å². The van der Waals surface area contributed by atoms with E-state index in [1.807, 2.05) is 17.8 Å². The smallest absolute Gasteiger partial charge is 0.230 e. The zero-order valence-corrected chi connectivity index (χ0v) is 12.7. The first-order valence-corrected chi connectivity index (χ1v) is 7.09. The number of hydrogen-bond acceptors (Lipinski definition) is 5. The van der Waals surface area contributed by atoms with Crippen molar-refractivity contribution in [1.29, 1.82) is 0 Å². The molecule has 0 radical (unpaired) electrons. The summed E-state index contributed by atoms with van der Waals surface area (Å²) in [5, 5.41) is 12.3. The second-order valence-electron chi connectivity index (χ2n) is 5.48. The van der Waals surface area contributed by atoms with Gasteiger partial charge < -0.3 is 4.42 Å². The van der Waals surface area contributed by atoms with Crippen LogP contribution in [0.4, 0.5) is 0 Å². The maximum absolute atomic E-state index is 5.47. The van der Waals surface area contributed by atoms with E-state index in [1.54, 1.807) is 0 Å². The first-order chi connectivity index (χ1) is 9.56. The molecule has 110 valence electrons. The van der Waals surface area contributed by atoms with E-state index < -0.39 is 0 Å². The van der Waals surface area contributed by atoms with E-state index in [1.165, 1.54) is 5.56 Å². The molecule has 0 saturated carbocycles. The van der Waals surface area contributed by atoms with Crippen LogP contribution in [0.5, 0.6) is 0 Å². The van der Waals surface area contributed by atoms with Crippen LogP contribution in [-0.4, -0.2) is 31.4 Å². The fourth-order valence-corrected chi connectivity index (χ4v) is 2.21. The topological polar surface area (TPSA) is 60.0 Å². The molecule has 0 aliphatic heterocycles. The predicted molar refractivity (Wildman–Crippen MR) is 75.9 cm³/mol. The highest BCUT2D eigenvalue weighted by atomic mass is 16.4. The molecule has 0 amide bonds. The van der Waals surface area contributed by atoms with Crippen molar-refractivity contribution in [1.82, 2.24) is 24.9 Å². The number of aromatic nitrogens is 4. The third-order valence-electron chi connectivity index (χ3n) is 2.97. The highest BCUT2D eigenvalue weighted by molar-refractivity contribution is 5.03. The lowest BCUT2D eigenvalue weighted by molar-refractivity contribution is 0.205. The van der Waals surface area contributed by atoms with Gasteiger partial charge in [0, 0.05) is 38.3 Å². The molecule has 2 aromatic rings. The summed E-state index contributed by atoms with van der Waals surface area (Å²) in [6, 6.07) is 0. The third-order valence-corrected chi connectivity index (χ3v) is 2.97. The summed E-state index contributed by atoms with van der Waals surface area (Å²) < 4.78 is 7.42. The predicted octanol–water partition coefficient (Wildman–Crippen LogP) is 2.25. The summed E-state index contributed by atoms with van der Waals surface area (Å²) in [7, 11) is 0. The monoisotopic (exact) mass is 277 g/mol. The molecular formula is C14H23N5O. The van der Waals surface area contributed by atoms with Crippen molar-refractivity contribution >= 4 is 0 Å². The first kappa shape index (κ1) is 14.7. The second-order valence-corrected chi connectivity index (χ2v) is 5.48. The molecule has 0 spiro atoms. The molecule has 20 heavy (non-hydrogen) atoms. The molecule has 0 atom stereocenters. The van der Waals surface area contributed by atoms with Crippen LogP contribution in [0, 0.1) is 12.8 Å². The molecule has 0 N–H and O–H groups in total. The Morgan fingerprint density at radius 3 is 2.65 bits per heavy atom. The number of aryl methyl sites for hydroxylation is 2. The summed E-state index contributed by atoms with van der Waals surface area (Å²) in [6.45, 7) is 11.7. The van der Waals surface area contributed by atoms with Crippen molar-refractivity contribution in [3.63, 3.8) is 0 Å². The summed E-state index contributed by atoms with van der Waals surface area (Å²) >= 11 is 0. The highest BCUT2D eigenvalue weighted by Gasteiger charge is 2.13. The SMILES string of the molecule is CCn1cc(CN(Cc2nnc(C)o2)CC(C)C)cn1. The Hall–Kier alpha value is -1.69. The number of rotatable bonds is 7. The molecule has 0 aliphatic rings. The van der Waals surface area contributed by atoms with Gasteiger partial charge >= 0.3 is 0 Å². The van der Waals surface area contributed by atoms with Gasteiger partial charge in [-0.1, -0.05) is 13.8 Å². The molecule has 0 bridgehead atoms. The Morgan fingerprint density at radius 1 is 1.30 bits per heavy atom. The summed E-state index contributed by atoms with van der Waals surface area (Å²) in [5.74, 6) is 1.87. The summed E-state index contributed by atoms with van der Waals surface area (Å²) in [6.07, 6.45) is 4.02. The first-order valence-electron chi connectivity index (χ1n) is 7.09. The van der Waals surface area contributed by atoms with E-state index in [-0.39, 0.29) is 0 Å². The Bertz CT molecular complexity index is 531. The van der Waals surface area contributed by atoms with Crippen molar-refractivity contribution in [3.8, 4) is 0 Å². The lowest BCUT2D eigenvalue weighted by Gasteiger charge is -2.21. The standard InChI is InChI=1S/C14H23N5O/c1-5-19-9-13(6-15-19)8-18(7-11(2)3)10-14-17-16-12(4)20-14/h6,9,11H,5,7-8,10H2,1-4H3. The quantitative estimate of drug-likeness (QED) is 0.777. The van der Waals surface area contributed by atoms with Crippen LogP contribution in [0.2, 0.25) is 0 Å².